The van der Waals surface area contributed by atoms with Crippen LogP contribution in [0.4, 0.5) is 0 Å². The number of thiophene rings is 6. The Hall–Kier alpha value is -2.84. The lowest BCUT2D eigenvalue weighted by molar-refractivity contribution is 1.61. The molecule has 0 saturated carbocycles. The molecule has 0 atom stereocenters. The third-order valence-electron chi connectivity index (χ3n) is 7.19. The number of aryl methyl sites for hydroxylation is 6. The Morgan fingerprint density at radius 3 is 0.955 bits per heavy atom. The van der Waals surface area contributed by atoms with Crippen molar-refractivity contribution in [3.8, 4) is 29.3 Å². The van der Waals surface area contributed by atoms with Gasteiger partial charge in [0.15, 0.2) is 0 Å². The third-order valence-corrected chi connectivity index (χ3v) is 14.0. The summed E-state index contributed by atoms with van der Waals surface area (Å²) in [4.78, 5) is 16.7. The molecule has 0 aliphatic heterocycles. The van der Waals surface area contributed by atoms with Crippen LogP contribution in [0, 0.1) is 41.5 Å². The molecule has 8 aromatic rings. The van der Waals surface area contributed by atoms with Crippen LogP contribution >= 0.6 is 68.0 Å². The maximum absolute atomic E-state index is 2.25. The van der Waals surface area contributed by atoms with Crippen molar-refractivity contribution in [1.29, 1.82) is 0 Å². The predicted octanol–water partition coefficient (Wildman–Crippen LogP) is 14.6. The van der Waals surface area contributed by atoms with E-state index in [1.807, 2.05) is 68.0 Å². The summed E-state index contributed by atoms with van der Waals surface area (Å²) in [5.41, 5.74) is 0. The molecule has 0 radical (unpaired) electrons. The van der Waals surface area contributed by atoms with Gasteiger partial charge in [-0.15, -0.1) is 68.0 Å². The van der Waals surface area contributed by atoms with E-state index in [1.165, 1.54) is 80.1 Å². The summed E-state index contributed by atoms with van der Waals surface area (Å²) in [6.45, 7) is 13.0. The van der Waals surface area contributed by atoms with Crippen molar-refractivity contribution in [3.05, 3.63) is 126 Å². The van der Waals surface area contributed by atoms with E-state index in [-0.39, 0.29) is 0 Å². The molecule has 6 heterocycles. The van der Waals surface area contributed by atoms with Crippen LogP contribution in [-0.2, 0) is 0 Å². The third kappa shape index (κ3) is 6.86. The zero-order valence-corrected chi connectivity index (χ0v) is 30.6. The van der Waals surface area contributed by atoms with Crippen molar-refractivity contribution < 1.29 is 0 Å². The SMILES string of the molecule is Cc1ccc(-c2sc(-c3ccc(C)s3)c3ccccc23)s1.Cc1ccc(-c2sc(C)c3ccccc23)s1.Cc1ccc(C)s1. The first-order valence-electron chi connectivity index (χ1n) is 14.5. The van der Waals surface area contributed by atoms with E-state index in [0.717, 1.165) is 0 Å². The Morgan fingerprint density at radius 2 is 0.614 bits per heavy atom. The van der Waals surface area contributed by atoms with Gasteiger partial charge in [-0.05, 0) is 95.5 Å². The fourth-order valence-electron chi connectivity index (χ4n) is 5.12. The Balaban J connectivity index is 0.000000131. The van der Waals surface area contributed by atoms with Gasteiger partial charge in [-0.3, -0.25) is 0 Å². The smallest absolute Gasteiger partial charge is 0.0528 e. The molecule has 0 spiro atoms. The molecule has 0 aliphatic rings. The molecule has 0 nitrogen and oxygen atoms in total. The molecular weight excluding hydrogens is 649 g/mol. The average molecular weight is 683 g/mol. The predicted molar refractivity (Wildman–Crippen MR) is 206 cm³/mol. The second-order valence-electron chi connectivity index (χ2n) is 10.7. The van der Waals surface area contributed by atoms with E-state index >= 15 is 0 Å². The van der Waals surface area contributed by atoms with Crippen LogP contribution in [0.1, 0.15) is 29.3 Å². The first kappa shape index (κ1) is 31.2. The average Bonchev–Trinajstić information content (AvgIpc) is 3.86. The monoisotopic (exact) mass is 682 g/mol. The highest BCUT2D eigenvalue weighted by Gasteiger charge is 2.16. The van der Waals surface area contributed by atoms with Crippen LogP contribution in [0.25, 0.3) is 50.8 Å². The van der Waals surface area contributed by atoms with Gasteiger partial charge in [-0.2, -0.15) is 0 Å². The molecule has 0 amide bonds. The minimum absolute atomic E-state index is 1.37. The van der Waals surface area contributed by atoms with E-state index in [0.29, 0.717) is 0 Å². The summed E-state index contributed by atoms with van der Waals surface area (Å²) >= 11 is 11.3. The molecule has 6 aromatic heterocycles. The summed E-state index contributed by atoms with van der Waals surface area (Å²) in [6, 6.07) is 35.1. The van der Waals surface area contributed by atoms with Crippen LogP contribution in [0.3, 0.4) is 0 Å². The van der Waals surface area contributed by atoms with Crippen molar-refractivity contribution in [3.63, 3.8) is 0 Å². The molecule has 6 heteroatoms. The van der Waals surface area contributed by atoms with Gasteiger partial charge in [0.2, 0.25) is 0 Å². The zero-order valence-electron chi connectivity index (χ0n) is 25.7. The standard InChI is InChI=1S/C18H14S3.C14H12S2.C6H8S/c1-11-7-9-15(19-11)17-13-5-3-4-6-14(13)18(21-17)16-10-8-12(2)20-16;1-9-7-8-13(15-9)14-12-6-4-3-5-11(12)10(2)16-14;1-5-3-4-6(2)7-5/h3-10H,1-2H3;3-8H,1-2H3;3-4H,1-2H3. The molecule has 222 valence electrons. The van der Waals surface area contributed by atoms with Crippen molar-refractivity contribution in [1.82, 2.24) is 0 Å². The lowest BCUT2D eigenvalue weighted by atomic mass is 10.1. The topological polar surface area (TPSA) is 0 Å². The van der Waals surface area contributed by atoms with Gasteiger partial charge in [0, 0.05) is 60.1 Å². The Bertz CT molecular complexity index is 2060. The quantitative estimate of drug-likeness (QED) is 0.174. The molecule has 0 aliphatic carbocycles. The summed E-state index contributed by atoms with van der Waals surface area (Å²) in [7, 11) is 0. The van der Waals surface area contributed by atoms with E-state index in [1.54, 1.807) is 0 Å². The van der Waals surface area contributed by atoms with Gasteiger partial charge in [0.1, 0.15) is 0 Å². The number of rotatable bonds is 3. The normalized spacial score (nSPS) is 11.0. The van der Waals surface area contributed by atoms with Crippen LogP contribution < -0.4 is 0 Å². The number of hydrogen-bond acceptors (Lipinski definition) is 6. The van der Waals surface area contributed by atoms with E-state index < -0.39 is 0 Å². The highest BCUT2D eigenvalue weighted by atomic mass is 32.1. The fraction of sp³-hybridized carbons (Fsp3) is 0.158. The minimum atomic E-state index is 1.37. The lowest BCUT2D eigenvalue weighted by Gasteiger charge is -1.94. The summed E-state index contributed by atoms with van der Waals surface area (Å²) in [5, 5.41) is 5.55. The molecule has 0 fully saturated rings. The van der Waals surface area contributed by atoms with Crippen LogP contribution in [0.5, 0.6) is 0 Å². The van der Waals surface area contributed by atoms with E-state index in [4.69, 9.17) is 0 Å². The molecule has 0 saturated heterocycles. The van der Waals surface area contributed by atoms with Gasteiger partial charge < -0.3 is 0 Å². The summed E-state index contributed by atoms with van der Waals surface area (Å²) in [5.74, 6) is 0. The molecule has 0 unspecified atom stereocenters. The summed E-state index contributed by atoms with van der Waals surface area (Å²) < 4.78 is 0. The van der Waals surface area contributed by atoms with Crippen molar-refractivity contribution >= 4 is 89.6 Å². The highest BCUT2D eigenvalue weighted by Crippen LogP contribution is 2.47. The molecule has 44 heavy (non-hydrogen) atoms. The molecule has 0 bridgehead atoms. The van der Waals surface area contributed by atoms with Crippen LogP contribution in [-0.4, -0.2) is 0 Å². The first-order chi connectivity index (χ1) is 21.3. The maximum Gasteiger partial charge on any atom is 0.0528 e. The largest absolute Gasteiger partial charge is 0.146 e. The molecule has 2 aromatic carbocycles. The van der Waals surface area contributed by atoms with E-state index in [9.17, 15) is 0 Å². The van der Waals surface area contributed by atoms with Gasteiger partial charge in [0.05, 0.1) is 14.6 Å². The van der Waals surface area contributed by atoms with Crippen molar-refractivity contribution in [2.75, 3.05) is 0 Å². The second kappa shape index (κ2) is 13.7. The minimum Gasteiger partial charge on any atom is -0.146 e. The van der Waals surface area contributed by atoms with Gasteiger partial charge >= 0.3 is 0 Å². The Labute approximate surface area is 284 Å². The number of hydrogen-bond donors (Lipinski definition) is 0. The Kier molecular flexibility index (Phi) is 9.67. The number of fused-ring (bicyclic) bond motifs is 2. The fourth-order valence-corrected chi connectivity index (χ4v) is 11.3. The van der Waals surface area contributed by atoms with Crippen molar-refractivity contribution in [2.24, 2.45) is 0 Å². The van der Waals surface area contributed by atoms with E-state index in [2.05, 4.69) is 139 Å². The Morgan fingerprint density at radius 1 is 0.295 bits per heavy atom. The van der Waals surface area contributed by atoms with Crippen LogP contribution in [0.2, 0.25) is 0 Å². The lowest BCUT2D eigenvalue weighted by Crippen LogP contribution is -1.68. The van der Waals surface area contributed by atoms with Crippen molar-refractivity contribution in [2.45, 2.75) is 41.5 Å². The second-order valence-corrected chi connectivity index (χ2v) is 18.3. The van der Waals surface area contributed by atoms with Gasteiger partial charge in [-0.1, -0.05) is 48.5 Å². The first-order valence-corrected chi connectivity index (χ1v) is 19.4. The maximum atomic E-state index is 2.25. The highest BCUT2D eigenvalue weighted by molar-refractivity contribution is 7.28. The van der Waals surface area contributed by atoms with Crippen LogP contribution in [0.15, 0.2) is 97.1 Å². The molecule has 8 rings (SSSR count). The zero-order chi connectivity index (χ0) is 30.8. The summed E-state index contributed by atoms with van der Waals surface area (Å²) in [6.07, 6.45) is 0. The molecule has 0 N–H and O–H groups in total. The van der Waals surface area contributed by atoms with Gasteiger partial charge in [0.25, 0.3) is 0 Å². The molecular formula is C38H34S6. The number of benzene rings is 2. The van der Waals surface area contributed by atoms with Gasteiger partial charge in [-0.25, -0.2) is 0 Å².